The lowest BCUT2D eigenvalue weighted by Crippen LogP contribution is -2.39. The summed E-state index contributed by atoms with van der Waals surface area (Å²) in [6.45, 7) is 4.33. The van der Waals surface area contributed by atoms with Gasteiger partial charge in [0.05, 0.1) is 16.8 Å². The minimum Gasteiger partial charge on any atom is -0.392 e. The van der Waals surface area contributed by atoms with Gasteiger partial charge in [0.2, 0.25) is 0 Å². The zero-order valence-electron chi connectivity index (χ0n) is 19.9. The molecule has 0 saturated heterocycles. The highest BCUT2D eigenvalue weighted by Gasteiger charge is 2.34. The lowest BCUT2D eigenvalue weighted by molar-refractivity contribution is 0.0228. The maximum Gasteiger partial charge on any atom is 0.270 e. The second-order valence-corrected chi connectivity index (χ2v) is 9.78. The molecule has 1 aromatic heterocycles. The Balaban J connectivity index is 1.33. The van der Waals surface area contributed by atoms with Crippen LogP contribution in [0.1, 0.15) is 66.6 Å². The van der Waals surface area contributed by atoms with Crippen molar-refractivity contribution in [3.63, 3.8) is 0 Å². The number of aliphatic hydroxyl groups is 1. The Kier molecular flexibility index (Phi) is 8.30. The summed E-state index contributed by atoms with van der Waals surface area (Å²) in [5.41, 5.74) is 2.22. The molecule has 10 heteroatoms. The first-order valence-corrected chi connectivity index (χ1v) is 12.4. The van der Waals surface area contributed by atoms with E-state index in [4.69, 9.17) is 16.4 Å². The molecular weight excluding hydrogens is 473 g/mol. The van der Waals surface area contributed by atoms with Crippen LogP contribution in [0.15, 0.2) is 29.4 Å². The first kappa shape index (κ1) is 25.5. The van der Waals surface area contributed by atoms with Gasteiger partial charge in [-0.2, -0.15) is 0 Å². The SMILES string of the molecule is Cc1nc(C(=O)NCc2ccc(F)c(Cl)c2)cc(C2=NOC(C3CCC(NC[C@H](C)O)CC3)C2)n1. The van der Waals surface area contributed by atoms with Gasteiger partial charge in [-0.25, -0.2) is 14.4 Å². The molecule has 2 aliphatic rings. The van der Waals surface area contributed by atoms with Crippen LogP contribution in [0.3, 0.4) is 0 Å². The zero-order chi connectivity index (χ0) is 24.9. The predicted octanol–water partition coefficient (Wildman–Crippen LogP) is 3.53. The number of benzene rings is 1. The van der Waals surface area contributed by atoms with Crippen molar-refractivity contribution in [3.8, 4) is 0 Å². The van der Waals surface area contributed by atoms with Gasteiger partial charge in [-0.3, -0.25) is 4.79 Å². The fraction of sp³-hybridized carbons (Fsp3) is 0.520. The first-order chi connectivity index (χ1) is 16.8. The van der Waals surface area contributed by atoms with Crippen LogP contribution in [0.25, 0.3) is 0 Å². The number of hydrogen-bond donors (Lipinski definition) is 3. The predicted molar refractivity (Wildman–Crippen MR) is 131 cm³/mol. The van der Waals surface area contributed by atoms with Crippen LogP contribution >= 0.6 is 11.6 Å². The number of halogens is 2. The highest BCUT2D eigenvalue weighted by molar-refractivity contribution is 6.30. The molecule has 1 aromatic carbocycles. The van der Waals surface area contributed by atoms with Crippen LogP contribution in [0.2, 0.25) is 5.02 Å². The van der Waals surface area contributed by atoms with Crippen LogP contribution in [-0.4, -0.2) is 51.5 Å². The molecule has 0 radical (unpaired) electrons. The van der Waals surface area contributed by atoms with E-state index >= 15 is 0 Å². The molecule has 35 heavy (non-hydrogen) atoms. The molecule has 188 valence electrons. The number of carbonyl (C=O) groups is 1. The smallest absolute Gasteiger partial charge is 0.270 e. The molecule has 3 N–H and O–H groups in total. The van der Waals surface area contributed by atoms with Crippen molar-refractivity contribution in [1.82, 2.24) is 20.6 Å². The van der Waals surface area contributed by atoms with E-state index in [0.29, 0.717) is 47.7 Å². The number of nitrogens with one attached hydrogen (secondary N) is 2. The Morgan fingerprint density at radius 1 is 1.26 bits per heavy atom. The van der Waals surface area contributed by atoms with Crippen molar-refractivity contribution in [2.24, 2.45) is 11.1 Å². The topological polar surface area (TPSA) is 109 Å². The monoisotopic (exact) mass is 503 g/mol. The van der Waals surface area contributed by atoms with Crippen molar-refractivity contribution in [2.45, 2.75) is 70.7 Å². The summed E-state index contributed by atoms with van der Waals surface area (Å²) in [5, 5.41) is 20.0. The molecule has 1 aliphatic heterocycles. The number of aryl methyl sites for hydroxylation is 1. The van der Waals surface area contributed by atoms with Gasteiger partial charge in [-0.15, -0.1) is 0 Å². The summed E-state index contributed by atoms with van der Waals surface area (Å²) in [6, 6.07) is 6.37. The lowest BCUT2D eigenvalue weighted by atomic mass is 9.81. The van der Waals surface area contributed by atoms with Crippen LogP contribution in [0, 0.1) is 18.7 Å². The summed E-state index contributed by atoms with van der Waals surface area (Å²) in [4.78, 5) is 27.3. The number of amides is 1. The van der Waals surface area contributed by atoms with E-state index in [0.717, 1.165) is 25.7 Å². The molecule has 0 bridgehead atoms. The second-order valence-electron chi connectivity index (χ2n) is 9.37. The Hall–Kier alpha value is -2.62. The van der Waals surface area contributed by atoms with Gasteiger partial charge in [0.15, 0.2) is 0 Å². The Labute approximate surface area is 209 Å². The average Bonchev–Trinajstić information content (AvgIpc) is 3.33. The first-order valence-electron chi connectivity index (χ1n) is 12.0. The molecule has 2 atom stereocenters. The van der Waals surface area contributed by atoms with Crippen molar-refractivity contribution in [3.05, 3.63) is 57.9 Å². The highest BCUT2D eigenvalue weighted by Crippen LogP contribution is 2.33. The molecule has 1 unspecified atom stereocenters. The van der Waals surface area contributed by atoms with Crippen molar-refractivity contribution < 1.29 is 19.1 Å². The quantitative estimate of drug-likeness (QED) is 0.508. The van der Waals surface area contributed by atoms with Crippen LogP contribution in [0.5, 0.6) is 0 Å². The fourth-order valence-electron chi connectivity index (χ4n) is 4.59. The third kappa shape index (κ3) is 6.74. The molecule has 1 aliphatic carbocycles. The van der Waals surface area contributed by atoms with E-state index in [1.54, 1.807) is 26.0 Å². The standard InChI is InChI=1S/C25H31ClFN5O3/c1-14(33)12-28-18-6-4-17(5-7-18)24-11-22(32-35-24)21-10-23(31-15(2)30-21)25(34)29-13-16-3-8-20(27)19(26)9-16/h3,8-10,14,17-18,24,28,33H,4-7,11-13H2,1-2H3,(H,29,34)/t14-,17?,18?,24?/m0/s1. The summed E-state index contributed by atoms with van der Waals surface area (Å²) >= 11 is 5.82. The summed E-state index contributed by atoms with van der Waals surface area (Å²) < 4.78 is 13.4. The molecule has 1 saturated carbocycles. The normalized spacial score (nSPS) is 22.9. The molecule has 1 amide bonds. The van der Waals surface area contributed by atoms with Crippen molar-refractivity contribution in [1.29, 1.82) is 0 Å². The molecular formula is C25H31ClFN5O3. The van der Waals surface area contributed by atoms with Crippen molar-refractivity contribution >= 4 is 23.2 Å². The largest absolute Gasteiger partial charge is 0.392 e. The van der Waals surface area contributed by atoms with Gasteiger partial charge >= 0.3 is 0 Å². The van der Waals surface area contributed by atoms with E-state index in [-0.39, 0.29) is 35.4 Å². The van der Waals surface area contributed by atoms with Gasteiger partial charge in [-0.1, -0.05) is 22.8 Å². The molecule has 2 heterocycles. The molecule has 2 aromatic rings. The number of oxime groups is 1. The lowest BCUT2D eigenvalue weighted by Gasteiger charge is -2.31. The van der Waals surface area contributed by atoms with Gasteiger partial charge in [-0.05, 0) is 69.2 Å². The summed E-state index contributed by atoms with van der Waals surface area (Å²) in [6.07, 6.45) is 4.46. The Morgan fingerprint density at radius 3 is 2.74 bits per heavy atom. The van der Waals surface area contributed by atoms with Crippen LogP contribution in [0.4, 0.5) is 4.39 Å². The van der Waals surface area contributed by atoms with Crippen molar-refractivity contribution in [2.75, 3.05) is 6.54 Å². The second kappa shape index (κ2) is 11.4. The minimum atomic E-state index is -0.503. The van der Waals surface area contributed by atoms with Gasteiger partial charge < -0.3 is 20.6 Å². The minimum absolute atomic E-state index is 0.00140. The molecule has 1 fully saturated rings. The van der Waals surface area contributed by atoms with Gasteiger partial charge in [0.1, 0.15) is 29.2 Å². The summed E-state index contributed by atoms with van der Waals surface area (Å²) in [7, 11) is 0. The Morgan fingerprint density at radius 2 is 2.03 bits per heavy atom. The van der Waals surface area contributed by atoms with E-state index in [1.807, 2.05) is 0 Å². The number of hydrogen-bond acceptors (Lipinski definition) is 7. The summed E-state index contributed by atoms with van der Waals surface area (Å²) in [5.74, 6) is 0.00963. The number of rotatable bonds is 8. The third-order valence-corrected chi connectivity index (χ3v) is 6.79. The zero-order valence-corrected chi connectivity index (χ0v) is 20.7. The fourth-order valence-corrected chi connectivity index (χ4v) is 4.79. The maximum atomic E-state index is 13.4. The molecule has 0 spiro atoms. The molecule has 8 nitrogen and oxygen atoms in total. The van der Waals surface area contributed by atoms with Gasteiger partial charge in [0.25, 0.3) is 5.91 Å². The Bertz CT molecular complexity index is 1090. The number of carbonyl (C=O) groups excluding carboxylic acids is 1. The molecule has 4 rings (SSSR count). The van der Waals surface area contributed by atoms with Crippen LogP contribution in [-0.2, 0) is 11.4 Å². The van der Waals surface area contributed by atoms with Gasteiger partial charge in [0, 0.05) is 25.6 Å². The van der Waals surface area contributed by atoms with E-state index in [9.17, 15) is 14.3 Å². The highest BCUT2D eigenvalue weighted by atomic mass is 35.5. The van der Waals surface area contributed by atoms with E-state index < -0.39 is 5.82 Å². The number of nitrogens with zero attached hydrogens (tertiary/aromatic N) is 3. The van der Waals surface area contributed by atoms with E-state index in [2.05, 4.69) is 25.8 Å². The van der Waals surface area contributed by atoms with Crippen LogP contribution < -0.4 is 10.6 Å². The third-order valence-electron chi connectivity index (χ3n) is 6.50. The van der Waals surface area contributed by atoms with E-state index in [1.165, 1.54) is 12.1 Å². The average molecular weight is 504 g/mol. The number of aromatic nitrogens is 2. The number of aliphatic hydroxyl groups excluding tert-OH is 1. The maximum absolute atomic E-state index is 13.4.